The average molecular weight is 353 g/mol. The minimum Gasteiger partial charge on any atom is -0.444 e. The van der Waals surface area contributed by atoms with Gasteiger partial charge in [-0.05, 0) is 39.3 Å². The SMILES string of the molecule is CC(C)(C)OC(=O)NCCCC(=O)c1ccc(SC(C)(C)C)nc1. The van der Waals surface area contributed by atoms with E-state index in [0.29, 0.717) is 24.9 Å². The van der Waals surface area contributed by atoms with Crippen molar-refractivity contribution in [2.75, 3.05) is 6.54 Å². The molecule has 0 aliphatic heterocycles. The topological polar surface area (TPSA) is 68.3 Å². The van der Waals surface area contributed by atoms with E-state index in [4.69, 9.17) is 4.74 Å². The highest BCUT2D eigenvalue weighted by atomic mass is 32.2. The molecular weight excluding hydrogens is 324 g/mol. The molecule has 1 heterocycles. The molecule has 24 heavy (non-hydrogen) atoms. The van der Waals surface area contributed by atoms with Crippen LogP contribution in [-0.2, 0) is 4.74 Å². The van der Waals surface area contributed by atoms with E-state index >= 15 is 0 Å². The van der Waals surface area contributed by atoms with Crippen LogP contribution in [0.4, 0.5) is 4.79 Å². The molecule has 0 aromatic carbocycles. The molecule has 5 nitrogen and oxygen atoms in total. The molecule has 1 rings (SSSR count). The van der Waals surface area contributed by atoms with Gasteiger partial charge in [0.25, 0.3) is 0 Å². The molecule has 0 spiro atoms. The lowest BCUT2D eigenvalue weighted by Gasteiger charge is -2.19. The number of ketones is 1. The van der Waals surface area contributed by atoms with Crippen LogP contribution in [0.2, 0.25) is 0 Å². The molecule has 0 aliphatic rings. The van der Waals surface area contributed by atoms with E-state index < -0.39 is 11.7 Å². The lowest BCUT2D eigenvalue weighted by molar-refractivity contribution is 0.0525. The van der Waals surface area contributed by atoms with Gasteiger partial charge in [-0.25, -0.2) is 9.78 Å². The molecule has 1 N–H and O–H groups in total. The second kappa shape index (κ2) is 8.51. The largest absolute Gasteiger partial charge is 0.444 e. The van der Waals surface area contributed by atoms with Crippen LogP contribution < -0.4 is 5.32 Å². The van der Waals surface area contributed by atoms with Crippen molar-refractivity contribution in [2.24, 2.45) is 0 Å². The molecule has 1 aromatic heterocycles. The van der Waals surface area contributed by atoms with Crippen molar-refractivity contribution in [3.63, 3.8) is 0 Å². The number of carbonyl (C=O) groups is 2. The van der Waals surface area contributed by atoms with Crippen molar-refractivity contribution in [3.05, 3.63) is 23.9 Å². The van der Waals surface area contributed by atoms with Crippen molar-refractivity contribution in [2.45, 2.75) is 69.8 Å². The molecular formula is C18H28N2O3S. The van der Waals surface area contributed by atoms with E-state index in [1.807, 2.05) is 32.9 Å². The van der Waals surface area contributed by atoms with Crippen molar-refractivity contribution in [1.29, 1.82) is 0 Å². The first-order valence-corrected chi connectivity index (χ1v) is 8.93. The summed E-state index contributed by atoms with van der Waals surface area (Å²) >= 11 is 1.67. The Morgan fingerprint density at radius 2 is 1.83 bits per heavy atom. The first kappa shape index (κ1) is 20.5. The Bertz CT molecular complexity index is 557. The molecule has 1 amide bonds. The summed E-state index contributed by atoms with van der Waals surface area (Å²) in [4.78, 5) is 28.0. The number of carbonyl (C=O) groups excluding carboxylic acids is 2. The van der Waals surface area contributed by atoms with Crippen molar-refractivity contribution < 1.29 is 14.3 Å². The van der Waals surface area contributed by atoms with Crippen LogP contribution in [0.5, 0.6) is 0 Å². The Kier molecular flexibility index (Phi) is 7.27. The fourth-order valence-electron chi connectivity index (χ4n) is 1.82. The number of rotatable bonds is 6. The maximum absolute atomic E-state index is 12.1. The molecule has 0 bridgehead atoms. The molecule has 0 aliphatic carbocycles. The highest BCUT2D eigenvalue weighted by Gasteiger charge is 2.16. The van der Waals surface area contributed by atoms with Crippen LogP contribution in [0.1, 0.15) is 64.7 Å². The van der Waals surface area contributed by atoms with E-state index in [2.05, 4.69) is 31.1 Å². The number of aromatic nitrogens is 1. The summed E-state index contributed by atoms with van der Waals surface area (Å²) in [5.74, 6) is 0.0285. The highest BCUT2D eigenvalue weighted by molar-refractivity contribution is 8.00. The number of Topliss-reactive ketones (excluding diaryl/α,β-unsaturated/α-hetero) is 1. The summed E-state index contributed by atoms with van der Waals surface area (Å²) in [6.45, 7) is 12.2. The molecule has 0 atom stereocenters. The molecule has 134 valence electrons. The summed E-state index contributed by atoms with van der Waals surface area (Å²) in [6, 6.07) is 3.69. The Morgan fingerprint density at radius 1 is 1.17 bits per heavy atom. The van der Waals surface area contributed by atoms with Gasteiger partial charge in [0.05, 0.1) is 5.03 Å². The van der Waals surface area contributed by atoms with E-state index in [9.17, 15) is 9.59 Å². The zero-order valence-corrected chi connectivity index (χ0v) is 16.3. The monoisotopic (exact) mass is 352 g/mol. The van der Waals surface area contributed by atoms with Crippen LogP contribution in [0.3, 0.4) is 0 Å². The zero-order chi connectivity index (χ0) is 18.4. The standard InChI is InChI=1S/C18H28N2O3S/c1-17(2,3)23-16(22)19-11-7-8-14(21)13-9-10-15(20-12-13)24-18(4,5)6/h9-10,12H,7-8,11H2,1-6H3,(H,19,22). The Labute approximate surface area is 149 Å². The molecule has 6 heteroatoms. The molecule has 0 saturated heterocycles. The number of amides is 1. The summed E-state index contributed by atoms with van der Waals surface area (Å²) in [7, 11) is 0. The normalized spacial score (nSPS) is 11.9. The van der Waals surface area contributed by atoms with Gasteiger partial charge in [0.1, 0.15) is 5.60 Å². The first-order chi connectivity index (χ1) is 11.0. The lowest BCUT2D eigenvalue weighted by atomic mass is 10.1. The molecule has 1 aromatic rings. The van der Waals surface area contributed by atoms with Gasteiger partial charge in [0.2, 0.25) is 0 Å². The van der Waals surface area contributed by atoms with E-state index in [-0.39, 0.29) is 10.5 Å². The molecule has 0 radical (unpaired) electrons. The summed E-state index contributed by atoms with van der Waals surface area (Å²) in [6.07, 6.45) is 2.09. The van der Waals surface area contributed by atoms with Crippen molar-refractivity contribution in [3.8, 4) is 0 Å². The Balaban J connectivity index is 2.37. The smallest absolute Gasteiger partial charge is 0.407 e. The fourth-order valence-corrected chi connectivity index (χ4v) is 2.69. The quantitative estimate of drug-likeness (QED) is 0.465. The number of thioether (sulfide) groups is 1. The minimum absolute atomic E-state index is 0.0285. The Hall–Kier alpha value is -1.56. The lowest BCUT2D eigenvalue weighted by Crippen LogP contribution is -2.33. The second-order valence-electron chi connectivity index (χ2n) is 7.55. The van der Waals surface area contributed by atoms with Crippen molar-refractivity contribution in [1.82, 2.24) is 10.3 Å². The highest BCUT2D eigenvalue weighted by Crippen LogP contribution is 2.30. The number of ether oxygens (including phenoxy) is 1. The molecule has 0 fully saturated rings. The first-order valence-electron chi connectivity index (χ1n) is 8.11. The summed E-state index contributed by atoms with van der Waals surface area (Å²) in [5.41, 5.74) is 0.0868. The number of hydrogen-bond acceptors (Lipinski definition) is 5. The van der Waals surface area contributed by atoms with E-state index in [0.717, 1.165) is 5.03 Å². The van der Waals surface area contributed by atoms with Gasteiger partial charge >= 0.3 is 6.09 Å². The number of alkyl carbamates (subject to hydrolysis) is 1. The third kappa shape index (κ3) is 8.91. The number of pyridine rings is 1. The van der Waals surface area contributed by atoms with E-state index in [1.165, 1.54) is 0 Å². The number of nitrogens with one attached hydrogen (secondary N) is 1. The van der Waals surface area contributed by atoms with Crippen LogP contribution in [-0.4, -0.2) is 33.8 Å². The van der Waals surface area contributed by atoms with Gasteiger partial charge in [-0.3, -0.25) is 4.79 Å². The maximum atomic E-state index is 12.1. The van der Waals surface area contributed by atoms with Gasteiger partial charge in [-0.2, -0.15) is 0 Å². The van der Waals surface area contributed by atoms with Gasteiger partial charge in [0.15, 0.2) is 5.78 Å². The number of hydrogen-bond donors (Lipinski definition) is 1. The van der Waals surface area contributed by atoms with E-state index in [1.54, 1.807) is 18.0 Å². The Morgan fingerprint density at radius 3 is 2.33 bits per heavy atom. The second-order valence-corrected chi connectivity index (χ2v) is 9.40. The molecule has 0 unspecified atom stereocenters. The summed E-state index contributed by atoms with van der Waals surface area (Å²) < 4.78 is 5.22. The predicted octanol–water partition coefficient (Wildman–Crippen LogP) is 4.46. The number of nitrogens with zero attached hydrogens (tertiary/aromatic N) is 1. The average Bonchev–Trinajstić information content (AvgIpc) is 2.40. The summed E-state index contributed by atoms with van der Waals surface area (Å²) in [5, 5.41) is 3.56. The maximum Gasteiger partial charge on any atom is 0.407 e. The van der Waals surface area contributed by atoms with Crippen LogP contribution in [0.25, 0.3) is 0 Å². The van der Waals surface area contributed by atoms with Gasteiger partial charge < -0.3 is 10.1 Å². The fraction of sp³-hybridized carbons (Fsp3) is 0.611. The van der Waals surface area contributed by atoms with Gasteiger partial charge in [-0.1, -0.05) is 20.8 Å². The van der Waals surface area contributed by atoms with Crippen molar-refractivity contribution >= 4 is 23.6 Å². The van der Waals surface area contributed by atoms with Crippen LogP contribution in [0, 0.1) is 0 Å². The minimum atomic E-state index is -0.515. The third-order valence-electron chi connectivity index (χ3n) is 2.72. The van der Waals surface area contributed by atoms with Crippen LogP contribution >= 0.6 is 11.8 Å². The zero-order valence-electron chi connectivity index (χ0n) is 15.4. The van der Waals surface area contributed by atoms with Gasteiger partial charge in [-0.15, -0.1) is 11.8 Å². The third-order valence-corrected chi connectivity index (χ3v) is 3.78. The van der Waals surface area contributed by atoms with Gasteiger partial charge in [0, 0.05) is 29.5 Å². The van der Waals surface area contributed by atoms with Crippen LogP contribution in [0.15, 0.2) is 23.4 Å². The predicted molar refractivity (Wildman–Crippen MR) is 97.6 cm³/mol. The molecule has 0 saturated carbocycles.